The summed E-state index contributed by atoms with van der Waals surface area (Å²) in [5.74, 6) is -0.0995. The quantitative estimate of drug-likeness (QED) is 0.680. The molecule has 0 fully saturated rings. The first-order valence-electron chi connectivity index (χ1n) is 6.71. The van der Waals surface area contributed by atoms with Gasteiger partial charge < -0.3 is 9.47 Å². The normalized spacial score (nSPS) is 7.60. The molecule has 20 heavy (non-hydrogen) atoms. The van der Waals surface area contributed by atoms with E-state index in [0.29, 0.717) is 6.42 Å². The van der Waals surface area contributed by atoms with Crippen molar-refractivity contribution in [3.8, 4) is 0 Å². The lowest BCUT2D eigenvalue weighted by Gasteiger charge is -2.07. The standard InChI is InChI=1S/C7H14O2.C5H10O2.C2H6.2CH4/c1-4-6(5-2)7(8)9-3;1-3-4-5(6)7-2;1-2;;/h6H,4-5H2,1-3H3;3-4H2,1-2H3;1-2H3;2*1H4. The van der Waals surface area contributed by atoms with Gasteiger partial charge in [0.15, 0.2) is 0 Å². The largest absolute Gasteiger partial charge is 0.469 e. The number of esters is 2. The van der Waals surface area contributed by atoms with Gasteiger partial charge in [0.2, 0.25) is 0 Å². The molecule has 0 N–H and O–H groups in total. The van der Waals surface area contributed by atoms with Gasteiger partial charge in [-0.05, 0) is 19.3 Å². The van der Waals surface area contributed by atoms with Crippen molar-refractivity contribution in [2.24, 2.45) is 5.92 Å². The van der Waals surface area contributed by atoms with E-state index in [0.717, 1.165) is 19.3 Å². The molecule has 0 aliphatic rings. The van der Waals surface area contributed by atoms with Crippen molar-refractivity contribution in [2.75, 3.05) is 14.2 Å². The lowest BCUT2D eigenvalue weighted by atomic mass is 10.0. The molecule has 0 aromatic rings. The van der Waals surface area contributed by atoms with Gasteiger partial charge in [-0.1, -0.05) is 49.5 Å². The second-order valence-corrected chi connectivity index (χ2v) is 3.36. The summed E-state index contributed by atoms with van der Waals surface area (Å²) in [5, 5.41) is 0. The van der Waals surface area contributed by atoms with Gasteiger partial charge >= 0.3 is 11.9 Å². The van der Waals surface area contributed by atoms with Crippen LogP contribution in [0.25, 0.3) is 0 Å². The Morgan fingerprint density at radius 1 is 0.900 bits per heavy atom. The Labute approximate surface area is 127 Å². The fourth-order valence-electron chi connectivity index (χ4n) is 1.09. The minimum absolute atomic E-state index is 0. The molecule has 0 aromatic carbocycles. The molecule has 0 aliphatic carbocycles. The molecule has 0 aromatic heterocycles. The topological polar surface area (TPSA) is 52.6 Å². The van der Waals surface area contributed by atoms with Crippen LogP contribution in [-0.4, -0.2) is 26.2 Å². The van der Waals surface area contributed by atoms with Crippen molar-refractivity contribution >= 4 is 11.9 Å². The Hall–Kier alpha value is -1.06. The number of rotatable bonds is 5. The van der Waals surface area contributed by atoms with E-state index in [1.807, 2.05) is 34.6 Å². The number of carbonyl (C=O) groups excluding carboxylic acids is 2. The molecule has 0 saturated carbocycles. The zero-order valence-electron chi connectivity index (χ0n) is 13.0. The van der Waals surface area contributed by atoms with Crippen LogP contribution in [-0.2, 0) is 19.1 Å². The summed E-state index contributed by atoms with van der Waals surface area (Å²) in [5.41, 5.74) is 0. The summed E-state index contributed by atoms with van der Waals surface area (Å²) in [4.78, 5) is 20.9. The SMILES string of the molecule is C.C.CC.CCC(CC)C(=O)OC.CCCC(=O)OC. The van der Waals surface area contributed by atoms with E-state index in [2.05, 4.69) is 9.47 Å². The predicted molar refractivity (Wildman–Crippen MR) is 87.8 cm³/mol. The van der Waals surface area contributed by atoms with Crippen LogP contribution in [0.1, 0.15) is 75.2 Å². The van der Waals surface area contributed by atoms with Crippen molar-refractivity contribution in [3.63, 3.8) is 0 Å². The summed E-state index contributed by atoms with van der Waals surface area (Å²) in [6.07, 6.45) is 3.16. The summed E-state index contributed by atoms with van der Waals surface area (Å²) in [6.45, 7) is 9.92. The molecule has 0 unspecified atom stereocenters. The Morgan fingerprint density at radius 2 is 1.30 bits per heavy atom. The van der Waals surface area contributed by atoms with Crippen molar-refractivity contribution in [1.29, 1.82) is 0 Å². The molecule has 126 valence electrons. The Morgan fingerprint density at radius 3 is 1.40 bits per heavy atom. The molecular weight excluding hydrogens is 256 g/mol. The van der Waals surface area contributed by atoms with Crippen LogP contribution in [0.5, 0.6) is 0 Å². The molecule has 0 heterocycles. The third kappa shape index (κ3) is 22.1. The molecule has 0 atom stereocenters. The lowest BCUT2D eigenvalue weighted by Crippen LogP contribution is -2.13. The Balaban J connectivity index is -0.0000000622. The van der Waals surface area contributed by atoms with E-state index in [-0.39, 0.29) is 32.7 Å². The molecule has 0 spiro atoms. The first-order chi connectivity index (χ1) is 8.56. The van der Waals surface area contributed by atoms with Gasteiger partial charge in [0.05, 0.1) is 20.1 Å². The first-order valence-corrected chi connectivity index (χ1v) is 6.71. The minimum Gasteiger partial charge on any atom is -0.469 e. The van der Waals surface area contributed by atoms with Crippen LogP contribution in [0.2, 0.25) is 0 Å². The number of ether oxygens (including phenoxy) is 2. The lowest BCUT2D eigenvalue weighted by molar-refractivity contribution is -0.145. The van der Waals surface area contributed by atoms with E-state index >= 15 is 0 Å². The molecule has 4 heteroatoms. The van der Waals surface area contributed by atoms with E-state index in [9.17, 15) is 9.59 Å². The van der Waals surface area contributed by atoms with Crippen LogP contribution in [0.15, 0.2) is 0 Å². The Bertz CT molecular complexity index is 187. The van der Waals surface area contributed by atoms with Gasteiger partial charge in [-0.2, -0.15) is 0 Å². The fourth-order valence-corrected chi connectivity index (χ4v) is 1.09. The summed E-state index contributed by atoms with van der Waals surface area (Å²) >= 11 is 0. The van der Waals surface area contributed by atoms with Crippen LogP contribution < -0.4 is 0 Å². The second-order valence-electron chi connectivity index (χ2n) is 3.36. The number of methoxy groups -OCH3 is 2. The van der Waals surface area contributed by atoms with Gasteiger partial charge in [-0.25, -0.2) is 0 Å². The molecule has 4 nitrogen and oxygen atoms in total. The van der Waals surface area contributed by atoms with Crippen molar-refractivity contribution in [2.45, 2.75) is 75.2 Å². The maximum Gasteiger partial charge on any atom is 0.308 e. The van der Waals surface area contributed by atoms with E-state index in [4.69, 9.17) is 0 Å². The molecule has 0 radical (unpaired) electrons. The summed E-state index contributed by atoms with van der Waals surface area (Å²) in [6, 6.07) is 0. The van der Waals surface area contributed by atoms with Gasteiger partial charge in [-0.3, -0.25) is 9.59 Å². The highest BCUT2D eigenvalue weighted by atomic mass is 16.5. The van der Waals surface area contributed by atoms with Gasteiger partial charge in [0.25, 0.3) is 0 Å². The third-order valence-electron chi connectivity index (χ3n) is 2.20. The van der Waals surface area contributed by atoms with Crippen molar-refractivity contribution in [3.05, 3.63) is 0 Å². The van der Waals surface area contributed by atoms with Crippen LogP contribution in [0.4, 0.5) is 0 Å². The maximum absolute atomic E-state index is 10.8. The van der Waals surface area contributed by atoms with E-state index < -0.39 is 0 Å². The minimum atomic E-state index is -0.123. The molecule has 0 bridgehead atoms. The van der Waals surface area contributed by atoms with Crippen molar-refractivity contribution in [1.82, 2.24) is 0 Å². The van der Waals surface area contributed by atoms with Gasteiger partial charge in [-0.15, -0.1) is 0 Å². The maximum atomic E-state index is 10.8. The van der Waals surface area contributed by atoms with Crippen LogP contribution in [0.3, 0.4) is 0 Å². The summed E-state index contributed by atoms with van der Waals surface area (Å²) in [7, 11) is 2.83. The van der Waals surface area contributed by atoms with Gasteiger partial charge in [0, 0.05) is 6.42 Å². The monoisotopic (exact) mass is 294 g/mol. The Kier molecular flexibility index (Phi) is 41.6. The fraction of sp³-hybridized carbons (Fsp3) is 0.875. The highest BCUT2D eigenvalue weighted by molar-refractivity contribution is 5.72. The molecule has 0 saturated heterocycles. The molecular formula is C16H38O4. The van der Waals surface area contributed by atoms with Gasteiger partial charge in [0.1, 0.15) is 0 Å². The number of hydrogen-bond acceptors (Lipinski definition) is 4. The van der Waals surface area contributed by atoms with Crippen molar-refractivity contribution < 1.29 is 19.1 Å². The highest BCUT2D eigenvalue weighted by Crippen LogP contribution is 2.08. The first kappa shape index (κ1) is 31.4. The predicted octanol–water partition coefficient (Wildman–Crippen LogP) is 4.85. The van der Waals surface area contributed by atoms with Crippen LogP contribution in [0, 0.1) is 5.92 Å². The highest BCUT2D eigenvalue weighted by Gasteiger charge is 2.12. The molecule has 0 amide bonds. The smallest absolute Gasteiger partial charge is 0.308 e. The number of carbonyl (C=O) groups is 2. The van der Waals surface area contributed by atoms with Crippen LogP contribution >= 0.6 is 0 Å². The summed E-state index contributed by atoms with van der Waals surface area (Å²) < 4.78 is 8.91. The second kappa shape index (κ2) is 26.5. The average Bonchev–Trinajstić information content (AvgIpc) is 2.43. The zero-order chi connectivity index (χ0) is 15.0. The molecule has 0 aliphatic heterocycles. The zero-order valence-corrected chi connectivity index (χ0v) is 13.0. The number of hydrogen-bond donors (Lipinski definition) is 0. The van der Waals surface area contributed by atoms with E-state index in [1.165, 1.54) is 14.2 Å². The molecule has 0 rings (SSSR count). The average molecular weight is 294 g/mol. The third-order valence-corrected chi connectivity index (χ3v) is 2.20. The van der Waals surface area contributed by atoms with E-state index in [1.54, 1.807) is 0 Å².